The summed E-state index contributed by atoms with van der Waals surface area (Å²) in [5, 5.41) is 7.62. The fourth-order valence-electron chi connectivity index (χ4n) is 5.33. The quantitative estimate of drug-likeness (QED) is 0.420. The highest BCUT2D eigenvalue weighted by atomic mass is 35.5. The Morgan fingerprint density at radius 3 is 2.44 bits per heavy atom. The molecule has 3 unspecified atom stereocenters. The van der Waals surface area contributed by atoms with Crippen molar-refractivity contribution in [1.29, 1.82) is 0 Å². The summed E-state index contributed by atoms with van der Waals surface area (Å²) in [4.78, 5) is 38.9. The molecular formula is C25H17Cl4N5O2. The van der Waals surface area contributed by atoms with Crippen LogP contribution in [0.15, 0.2) is 53.5 Å². The zero-order valence-corrected chi connectivity index (χ0v) is 21.7. The van der Waals surface area contributed by atoms with Crippen LogP contribution < -0.4 is 15.5 Å². The first kappa shape index (κ1) is 23.6. The Morgan fingerprint density at radius 1 is 1.00 bits per heavy atom. The molecule has 2 aromatic carbocycles. The lowest BCUT2D eigenvalue weighted by atomic mass is 9.72. The lowest BCUT2D eigenvalue weighted by molar-refractivity contribution is -0.123. The van der Waals surface area contributed by atoms with Crippen LogP contribution in [-0.2, 0) is 21.5 Å². The van der Waals surface area contributed by atoms with E-state index in [0.717, 1.165) is 16.3 Å². The van der Waals surface area contributed by atoms with Gasteiger partial charge in [-0.2, -0.15) is 0 Å². The van der Waals surface area contributed by atoms with E-state index in [1.807, 2.05) is 25.1 Å². The molecule has 11 heteroatoms. The van der Waals surface area contributed by atoms with Crippen LogP contribution in [0.1, 0.15) is 17.0 Å². The van der Waals surface area contributed by atoms with Crippen molar-refractivity contribution in [3.8, 4) is 0 Å². The number of hydrogen-bond donors (Lipinski definition) is 2. The van der Waals surface area contributed by atoms with Crippen LogP contribution in [0.2, 0.25) is 20.1 Å². The zero-order valence-electron chi connectivity index (χ0n) is 18.7. The predicted octanol–water partition coefficient (Wildman–Crippen LogP) is 5.38. The van der Waals surface area contributed by atoms with Crippen molar-refractivity contribution < 1.29 is 9.59 Å². The van der Waals surface area contributed by atoms with E-state index in [2.05, 4.69) is 15.6 Å². The summed E-state index contributed by atoms with van der Waals surface area (Å²) < 4.78 is 0. The summed E-state index contributed by atoms with van der Waals surface area (Å²) in [6.45, 7) is 1.89. The van der Waals surface area contributed by atoms with Gasteiger partial charge in [0.2, 0.25) is 5.91 Å². The standard InChI is InChI=1S/C25H17Cl4N5O2/c1-11-3-2-4-15(30-11)10-19-20-22(35)34(16-6-12(26)5-13(27)7-16)23(36)25(20)17-8-14(28)9-18(29)21(17)32-24(31-19)33-25/h2-9,19-20H,10H2,1H3,(H2,31,32,33). The van der Waals surface area contributed by atoms with Crippen molar-refractivity contribution in [1.82, 2.24) is 10.3 Å². The lowest BCUT2D eigenvalue weighted by Gasteiger charge is -2.45. The third-order valence-electron chi connectivity index (χ3n) is 6.68. The summed E-state index contributed by atoms with van der Waals surface area (Å²) in [6, 6.07) is 12.9. The molecule has 6 rings (SSSR count). The Morgan fingerprint density at radius 2 is 1.72 bits per heavy atom. The molecule has 1 saturated heterocycles. The summed E-state index contributed by atoms with van der Waals surface area (Å²) in [6.07, 6.45) is 0.341. The van der Waals surface area contributed by atoms with Gasteiger partial charge >= 0.3 is 0 Å². The number of imide groups is 1. The van der Waals surface area contributed by atoms with E-state index in [1.54, 1.807) is 12.1 Å². The number of fused-ring (bicyclic) bond motifs is 2. The second-order valence-corrected chi connectivity index (χ2v) is 10.7. The van der Waals surface area contributed by atoms with E-state index >= 15 is 0 Å². The maximum Gasteiger partial charge on any atom is 0.265 e. The first-order valence-electron chi connectivity index (χ1n) is 11.1. The summed E-state index contributed by atoms with van der Waals surface area (Å²) >= 11 is 25.4. The van der Waals surface area contributed by atoms with Crippen LogP contribution in [-0.4, -0.2) is 28.8 Å². The molecule has 1 aromatic heterocycles. The van der Waals surface area contributed by atoms with Crippen LogP contribution >= 0.6 is 46.4 Å². The normalized spacial score (nSPS) is 24.0. The summed E-state index contributed by atoms with van der Waals surface area (Å²) in [7, 11) is 0. The maximum atomic E-state index is 14.3. The number of anilines is 2. The van der Waals surface area contributed by atoms with Gasteiger partial charge in [-0.3, -0.25) is 14.6 Å². The SMILES string of the molecule is Cc1cccc(CC2N=C3Nc4c(Cl)cc(Cl)cc4C4(N3)C(=O)N(c3cc(Cl)cc(Cl)c3)C(=O)C24)n1. The van der Waals surface area contributed by atoms with Crippen LogP contribution in [0, 0.1) is 12.8 Å². The summed E-state index contributed by atoms with van der Waals surface area (Å²) in [5.41, 5.74) is 1.33. The Bertz CT molecular complexity index is 1490. The van der Waals surface area contributed by atoms with E-state index in [-0.39, 0.29) is 5.69 Å². The van der Waals surface area contributed by atoms with Gasteiger partial charge in [-0.25, -0.2) is 9.89 Å². The zero-order chi connectivity index (χ0) is 25.4. The highest BCUT2D eigenvalue weighted by molar-refractivity contribution is 6.39. The van der Waals surface area contributed by atoms with Crippen LogP contribution in [0.25, 0.3) is 0 Å². The Labute approximate surface area is 226 Å². The van der Waals surface area contributed by atoms with E-state index < -0.39 is 29.3 Å². The number of aromatic nitrogens is 1. The predicted molar refractivity (Wildman–Crippen MR) is 141 cm³/mol. The number of pyridine rings is 1. The van der Waals surface area contributed by atoms with Crippen LogP contribution in [0.5, 0.6) is 0 Å². The van der Waals surface area contributed by atoms with Gasteiger partial charge in [-0.05, 0) is 49.4 Å². The van der Waals surface area contributed by atoms with Gasteiger partial charge in [-0.1, -0.05) is 52.5 Å². The number of hydrogen-bond acceptors (Lipinski definition) is 6. The Hall–Kier alpha value is -2.84. The van der Waals surface area contributed by atoms with E-state index in [4.69, 9.17) is 51.4 Å². The number of carbonyl (C=O) groups is 2. The first-order chi connectivity index (χ1) is 17.2. The molecule has 2 N–H and O–H groups in total. The second-order valence-electron chi connectivity index (χ2n) is 8.97. The first-order valence-corrected chi connectivity index (χ1v) is 12.6. The fraction of sp³-hybridized carbons (Fsp3) is 0.200. The number of guanidine groups is 1. The number of amides is 2. The van der Waals surface area contributed by atoms with Gasteiger partial charge in [-0.15, -0.1) is 0 Å². The molecule has 36 heavy (non-hydrogen) atoms. The molecule has 182 valence electrons. The topological polar surface area (TPSA) is 86.7 Å². The number of aryl methyl sites for hydroxylation is 1. The van der Waals surface area contributed by atoms with Gasteiger partial charge in [0.25, 0.3) is 5.91 Å². The third kappa shape index (κ3) is 3.49. The number of aliphatic imine (C=N–C) groups is 1. The molecule has 3 atom stereocenters. The molecule has 2 bridgehead atoms. The molecular weight excluding hydrogens is 544 g/mol. The second kappa shape index (κ2) is 8.35. The van der Waals surface area contributed by atoms with Gasteiger partial charge in [0, 0.05) is 38.4 Å². The molecule has 3 aliphatic rings. The average Bonchev–Trinajstić information content (AvgIpc) is 3.01. The van der Waals surface area contributed by atoms with Gasteiger partial charge in [0.05, 0.1) is 28.4 Å². The molecule has 3 aromatic rings. The number of halogens is 4. The van der Waals surface area contributed by atoms with Gasteiger partial charge in [0.15, 0.2) is 11.5 Å². The summed E-state index contributed by atoms with van der Waals surface area (Å²) in [5.74, 6) is -1.50. The van der Waals surface area contributed by atoms with E-state index in [1.165, 1.54) is 18.2 Å². The largest absolute Gasteiger partial charge is 0.337 e. The number of nitrogens with one attached hydrogen (secondary N) is 2. The molecule has 1 spiro atoms. The number of nitrogens with zero attached hydrogens (tertiary/aromatic N) is 3. The van der Waals surface area contributed by atoms with Crippen molar-refractivity contribution in [3.63, 3.8) is 0 Å². The molecule has 0 aliphatic carbocycles. The van der Waals surface area contributed by atoms with Crippen LogP contribution in [0.4, 0.5) is 11.4 Å². The molecule has 0 radical (unpaired) electrons. The molecule has 1 fully saturated rings. The average molecular weight is 561 g/mol. The van der Waals surface area contributed by atoms with Crippen molar-refractivity contribution in [2.75, 3.05) is 10.2 Å². The minimum atomic E-state index is -1.49. The van der Waals surface area contributed by atoms with E-state index in [0.29, 0.717) is 43.7 Å². The highest BCUT2D eigenvalue weighted by Crippen LogP contribution is 2.52. The van der Waals surface area contributed by atoms with Gasteiger partial charge in [0.1, 0.15) is 0 Å². The van der Waals surface area contributed by atoms with Gasteiger partial charge < -0.3 is 10.6 Å². The highest BCUT2D eigenvalue weighted by Gasteiger charge is 2.67. The molecule has 4 heterocycles. The van der Waals surface area contributed by atoms with Crippen molar-refractivity contribution in [3.05, 3.63) is 85.6 Å². The van der Waals surface area contributed by atoms with E-state index in [9.17, 15) is 9.59 Å². The lowest BCUT2D eigenvalue weighted by Crippen LogP contribution is -2.64. The Balaban J connectivity index is 1.57. The Kier molecular flexibility index (Phi) is 5.46. The third-order valence-corrected chi connectivity index (χ3v) is 7.63. The number of rotatable bonds is 3. The monoisotopic (exact) mass is 559 g/mol. The fourth-order valence-corrected chi connectivity index (χ4v) is 6.38. The molecule has 7 nitrogen and oxygen atoms in total. The minimum Gasteiger partial charge on any atom is -0.337 e. The molecule has 3 aliphatic heterocycles. The number of carbonyl (C=O) groups excluding carboxylic acids is 2. The maximum absolute atomic E-state index is 14.3. The minimum absolute atomic E-state index is 0.273. The van der Waals surface area contributed by atoms with Crippen LogP contribution in [0.3, 0.4) is 0 Å². The number of benzene rings is 2. The molecule has 2 amide bonds. The van der Waals surface area contributed by atoms with Crippen molar-refractivity contribution in [2.45, 2.75) is 24.9 Å². The smallest absolute Gasteiger partial charge is 0.265 e. The van der Waals surface area contributed by atoms with Crippen molar-refractivity contribution in [2.24, 2.45) is 10.9 Å². The van der Waals surface area contributed by atoms with Crippen molar-refractivity contribution >= 4 is 75.6 Å². The molecule has 0 saturated carbocycles.